The van der Waals surface area contributed by atoms with Crippen LogP contribution < -0.4 is 5.56 Å². The topological polar surface area (TPSA) is 95.7 Å². The number of aromatic amines is 2. The lowest BCUT2D eigenvalue weighted by atomic mass is 10.3. The van der Waals surface area contributed by atoms with Crippen LogP contribution in [-0.4, -0.2) is 23.4 Å². The number of aromatic nitrogens is 3. The van der Waals surface area contributed by atoms with Crippen LogP contribution >= 0.6 is 23.2 Å². The minimum absolute atomic E-state index is 0.303. The summed E-state index contributed by atoms with van der Waals surface area (Å²) in [5.41, 5.74) is -1.30. The average molecular weight is 298 g/mol. The first-order valence-electron chi connectivity index (χ1n) is 4.01. The van der Waals surface area contributed by atoms with Crippen LogP contribution in [0.4, 0.5) is 4.39 Å². The Hall–Kier alpha value is -1.38. The van der Waals surface area contributed by atoms with Gasteiger partial charge in [-0.3, -0.25) is 9.78 Å². The van der Waals surface area contributed by atoms with Gasteiger partial charge in [-0.05, 0) is 0 Å². The number of pyridine rings is 1. The van der Waals surface area contributed by atoms with Gasteiger partial charge in [0.25, 0.3) is 15.9 Å². The summed E-state index contributed by atoms with van der Waals surface area (Å²) in [5.74, 6) is -1.05. The lowest BCUT2D eigenvalue weighted by molar-refractivity contribution is 0.622. The van der Waals surface area contributed by atoms with Crippen molar-refractivity contribution in [2.75, 3.05) is 0 Å². The van der Waals surface area contributed by atoms with Crippen LogP contribution in [0.1, 0.15) is 0 Å². The third-order valence-electron chi connectivity index (χ3n) is 1.91. The molecule has 2 heterocycles. The fourth-order valence-corrected chi connectivity index (χ4v) is 2.07. The van der Waals surface area contributed by atoms with E-state index in [1.807, 2.05) is 4.98 Å². The van der Waals surface area contributed by atoms with E-state index in [-0.39, 0.29) is 10.5 Å². The smallest absolute Gasteiger partial charge is 0.262 e. The highest BCUT2D eigenvalue weighted by Crippen LogP contribution is 2.23. The number of hydrogen-bond acceptors (Lipinski definition) is 4. The number of fused-ring (bicyclic) bond motifs is 1. The van der Waals surface area contributed by atoms with E-state index in [4.69, 9.17) is 23.2 Å². The van der Waals surface area contributed by atoms with Crippen LogP contribution in [0, 0.1) is 10.6 Å². The Morgan fingerprint density at radius 3 is 2.41 bits per heavy atom. The quantitative estimate of drug-likeness (QED) is 0.562. The van der Waals surface area contributed by atoms with Crippen LogP contribution in [0.3, 0.4) is 0 Å². The van der Waals surface area contributed by atoms with Gasteiger partial charge in [0.2, 0.25) is 4.77 Å². The third-order valence-corrected chi connectivity index (χ3v) is 2.97. The van der Waals surface area contributed by atoms with E-state index in [1.165, 1.54) is 0 Å². The summed E-state index contributed by atoms with van der Waals surface area (Å²) in [7, 11) is -2.75. The molecule has 0 aliphatic rings. The summed E-state index contributed by atoms with van der Waals surface area (Å²) < 4.78 is 34.3. The second-order valence-electron chi connectivity index (χ2n) is 2.90. The highest BCUT2D eigenvalue weighted by molar-refractivity contribution is 7.63. The maximum Gasteiger partial charge on any atom is 0.262 e. The number of H-pyrrole nitrogens is 2. The van der Waals surface area contributed by atoms with Crippen molar-refractivity contribution in [3.63, 3.8) is 0 Å². The molecule has 2 rings (SSSR count). The molecule has 10 heteroatoms. The molecule has 2 aromatic heterocycles. The molecular formula is C7H2Cl2FN3O3S. The standard InChI is InChI=1S/C7H2Cl2FN3O3S/c8-4-1-3(2(10)5(9)12-4)11-7(17(15)16)13-6(1)14/h11H,(H,13,14). The van der Waals surface area contributed by atoms with Gasteiger partial charge in [-0.1, -0.05) is 23.2 Å². The van der Waals surface area contributed by atoms with Crippen molar-refractivity contribution in [2.24, 2.45) is 0 Å². The minimum Gasteiger partial charge on any atom is -0.325 e. The van der Waals surface area contributed by atoms with Gasteiger partial charge in [0.05, 0.1) is 5.52 Å². The van der Waals surface area contributed by atoms with E-state index in [2.05, 4.69) is 9.97 Å². The van der Waals surface area contributed by atoms with E-state index < -0.39 is 37.1 Å². The number of nitrogens with zero attached hydrogens (tertiary/aromatic N) is 1. The summed E-state index contributed by atoms with van der Waals surface area (Å²) in [6.45, 7) is 0. The van der Waals surface area contributed by atoms with Crippen LogP contribution in [-0.2, 0) is 10.3 Å². The molecule has 0 fully saturated rings. The highest BCUT2D eigenvalue weighted by Gasteiger charge is 2.15. The zero-order valence-electron chi connectivity index (χ0n) is 7.71. The summed E-state index contributed by atoms with van der Waals surface area (Å²) in [4.78, 5) is 19.0. The fourth-order valence-electron chi connectivity index (χ4n) is 1.23. The van der Waals surface area contributed by atoms with Crippen molar-refractivity contribution in [3.05, 3.63) is 31.2 Å². The number of rotatable bonds is 0. The Morgan fingerprint density at radius 1 is 1.18 bits per heavy atom. The first kappa shape index (κ1) is 12.1. The van der Waals surface area contributed by atoms with Gasteiger partial charge in [-0.15, -0.1) is 0 Å². The molecule has 6 nitrogen and oxygen atoms in total. The van der Waals surface area contributed by atoms with Gasteiger partial charge in [0.1, 0.15) is 10.5 Å². The van der Waals surface area contributed by atoms with Gasteiger partial charge in [0, 0.05) is 0 Å². The van der Waals surface area contributed by atoms with Gasteiger partial charge >= 0.3 is 0 Å². The summed E-state index contributed by atoms with van der Waals surface area (Å²) >= 11 is 11.0. The van der Waals surface area contributed by atoms with Gasteiger partial charge < -0.3 is 4.98 Å². The maximum absolute atomic E-state index is 13.6. The Balaban J connectivity index is 3.26. The molecule has 0 spiro atoms. The van der Waals surface area contributed by atoms with E-state index >= 15 is 0 Å². The van der Waals surface area contributed by atoms with Crippen molar-refractivity contribution in [1.29, 1.82) is 0 Å². The maximum atomic E-state index is 13.6. The van der Waals surface area contributed by atoms with Crippen LogP contribution in [0.15, 0.2) is 4.79 Å². The summed E-state index contributed by atoms with van der Waals surface area (Å²) in [5, 5.41) is -1.19. The molecule has 0 aliphatic carbocycles. The van der Waals surface area contributed by atoms with E-state index in [1.54, 1.807) is 0 Å². The van der Waals surface area contributed by atoms with Crippen LogP contribution in [0.25, 0.3) is 10.9 Å². The van der Waals surface area contributed by atoms with Crippen molar-refractivity contribution < 1.29 is 12.8 Å². The Bertz CT molecular complexity index is 847. The van der Waals surface area contributed by atoms with Crippen molar-refractivity contribution in [1.82, 2.24) is 15.0 Å². The van der Waals surface area contributed by atoms with Gasteiger partial charge in [-0.2, -0.15) is 8.42 Å². The second kappa shape index (κ2) is 4.13. The predicted molar refractivity (Wildman–Crippen MR) is 58.9 cm³/mol. The number of halogens is 3. The molecule has 2 aromatic rings. The average Bonchev–Trinajstić information content (AvgIpc) is 2.24. The molecule has 0 aliphatic heterocycles. The molecule has 0 unspecified atom stereocenters. The number of nitrogens with one attached hydrogen (secondary N) is 2. The van der Waals surface area contributed by atoms with Crippen LogP contribution in [0.2, 0.25) is 10.3 Å². The predicted octanol–water partition coefficient (Wildman–Crippen LogP) is 1.11. The van der Waals surface area contributed by atoms with E-state index in [0.717, 1.165) is 0 Å². The molecule has 90 valence electrons. The van der Waals surface area contributed by atoms with Crippen molar-refractivity contribution in [3.8, 4) is 0 Å². The minimum atomic E-state index is -2.75. The normalized spacial score (nSPS) is 10.8. The van der Waals surface area contributed by atoms with E-state index in [9.17, 15) is 17.6 Å². The highest BCUT2D eigenvalue weighted by atomic mass is 35.5. The largest absolute Gasteiger partial charge is 0.325 e. The van der Waals surface area contributed by atoms with Crippen molar-refractivity contribution in [2.45, 2.75) is 0 Å². The number of hydrogen-bond donors (Lipinski definition) is 2. The van der Waals surface area contributed by atoms with Gasteiger partial charge in [-0.25, -0.2) is 9.37 Å². The molecule has 0 saturated carbocycles. The Labute approximate surface area is 104 Å². The lowest BCUT2D eigenvalue weighted by Gasteiger charge is -2.01. The summed E-state index contributed by atoms with van der Waals surface area (Å²) in [6, 6.07) is 0. The molecule has 0 amide bonds. The van der Waals surface area contributed by atoms with Gasteiger partial charge in [0.15, 0.2) is 11.0 Å². The third kappa shape index (κ3) is 1.94. The molecule has 2 N–H and O–H groups in total. The molecule has 0 bridgehead atoms. The molecular weight excluding hydrogens is 296 g/mol. The summed E-state index contributed by atoms with van der Waals surface area (Å²) in [6.07, 6.45) is 0. The van der Waals surface area contributed by atoms with E-state index in [0.29, 0.717) is 0 Å². The first-order chi connectivity index (χ1) is 7.91. The van der Waals surface area contributed by atoms with Crippen molar-refractivity contribution >= 4 is 44.4 Å². The Kier molecular flexibility index (Phi) is 2.94. The zero-order chi connectivity index (χ0) is 12.7. The molecule has 0 radical (unpaired) electrons. The molecule has 0 aromatic carbocycles. The molecule has 0 saturated heterocycles. The molecule has 17 heavy (non-hydrogen) atoms. The molecule has 0 atom stereocenters. The lowest BCUT2D eigenvalue weighted by Crippen LogP contribution is -2.11. The SMILES string of the molecule is O=c1[nH]c(=S(=O)=O)[nH]c2c(F)c(Cl)nc(Cl)c12. The Morgan fingerprint density at radius 2 is 1.82 bits per heavy atom. The first-order valence-corrected chi connectivity index (χ1v) is 5.84. The monoisotopic (exact) mass is 297 g/mol. The zero-order valence-corrected chi connectivity index (χ0v) is 10.0. The fraction of sp³-hybridized carbons (Fsp3) is 0. The van der Waals surface area contributed by atoms with Crippen LogP contribution in [0.5, 0.6) is 0 Å². The second-order valence-corrected chi connectivity index (χ2v) is 4.49.